The molecule has 1 heteroatoms. The highest BCUT2D eigenvalue weighted by Gasteiger charge is 2.09. The Labute approximate surface area is 154 Å². The van der Waals surface area contributed by atoms with Crippen LogP contribution in [0.1, 0.15) is 77.3 Å². The van der Waals surface area contributed by atoms with Gasteiger partial charge in [0.05, 0.1) is 0 Å². The van der Waals surface area contributed by atoms with Crippen molar-refractivity contribution in [2.24, 2.45) is 11.8 Å². The SMILES string of the molecule is CC(C)CC(C)c1ccc(Nc2ccc(C(C)CC(C)C)cc2)cc1. The van der Waals surface area contributed by atoms with E-state index in [1.165, 1.54) is 24.0 Å². The van der Waals surface area contributed by atoms with Gasteiger partial charge in [0.25, 0.3) is 0 Å². The van der Waals surface area contributed by atoms with Crippen LogP contribution in [0.15, 0.2) is 48.5 Å². The maximum Gasteiger partial charge on any atom is 0.0384 e. The van der Waals surface area contributed by atoms with Crippen molar-refractivity contribution in [1.29, 1.82) is 0 Å². The molecule has 136 valence electrons. The second-order valence-corrected chi connectivity index (χ2v) is 8.43. The van der Waals surface area contributed by atoms with E-state index in [-0.39, 0.29) is 0 Å². The van der Waals surface area contributed by atoms with Crippen LogP contribution in [0.2, 0.25) is 0 Å². The Hall–Kier alpha value is -1.76. The molecule has 2 atom stereocenters. The molecular formula is C24H35N. The van der Waals surface area contributed by atoms with Gasteiger partial charge in [-0.3, -0.25) is 0 Å². The Morgan fingerprint density at radius 2 is 0.880 bits per heavy atom. The minimum absolute atomic E-state index is 0.621. The smallest absolute Gasteiger partial charge is 0.0384 e. The largest absolute Gasteiger partial charge is 0.356 e. The maximum atomic E-state index is 3.52. The molecule has 0 bridgehead atoms. The summed E-state index contributed by atoms with van der Waals surface area (Å²) in [6, 6.07) is 17.8. The third-order valence-corrected chi connectivity index (χ3v) is 4.90. The van der Waals surface area contributed by atoms with Crippen LogP contribution in [0.4, 0.5) is 11.4 Å². The molecule has 2 aromatic rings. The van der Waals surface area contributed by atoms with Gasteiger partial charge in [0, 0.05) is 11.4 Å². The van der Waals surface area contributed by atoms with Crippen molar-refractivity contribution in [2.75, 3.05) is 5.32 Å². The van der Waals surface area contributed by atoms with E-state index in [1.807, 2.05) is 0 Å². The molecule has 0 saturated heterocycles. The van der Waals surface area contributed by atoms with Crippen LogP contribution in [-0.4, -0.2) is 0 Å². The van der Waals surface area contributed by atoms with Gasteiger partial charge in [0.2, 0.25) is 0 Å². The van der Waals surface area contributed by atoms with Crippen LogP contribution < -0.4 is 5.32 Å². The van der Waals surface area contributed by atoms with Crippen LogP contribution in [0.5, 0.6) is 0 Å². The summed E-state index contributed by atoms with van der Waals surface area (Å²) >= 11 is 0. The van der Waals surface area contributed by atoms with Crippen molar-refractivity contribution in [3.8, 4) is 0 Å². The molecule has 0 radical (unpaired) electrons. The summed E-state index contributed by atoms with van der Waals surface area (Å²) < 4.78 is 0. The Balaban J connectivity index is 1.98. The minimum atomic E-state index is 0.621. The number of anilines is 2. The van der Waals surface area contributed by atoms with E-state index in [0.717, 1.165) is 23.2 Å². The number of hydrogen-bond donors (Lipinski definition) is 1. The standard InChI is InChI=1S/C24H35N/c1-17(2)15-19(5)21-7-11-23(12-8-21)25-24-13-9-22(10-14-24)20(6)16-18(3)4/h7-14,17-20,25H,15-16H2,1-6H3. The summed E-state index contributed by atoms with van der Waals surface area (Å²) in [5, 5.41) is 3.52. The van der Waals surface area contributed by atoms with E-state index in [1.54, 1.807) is 0 Å². The van der Waals surface area contributed by atoms with E-state index >= 15 is 0 Å². The number of nitrogens with one attached hydrogen (secondary N) is 1. The van der Waals surface area contributed by atoms with E-state index in [4.69, 9.17) is 0 Å². The van der Waals surface area contributed by atoms with Gasteiger partial charge in [-0.05, 0) is 71.9 Å². The van der Waals surface area contributed by atoms with Gasteiger partial charge >= 0.3 is 0 Å². The molecule has 0 heterocycles. The molecule has 0 aliphatic heterocycles. The van der Waals surface area contributed by atoms with Crippen LogP contribution >= 0.6 is 0 Å². The van der Waals surface area contributed by atoms with E-state index in [9.17, 15) is 0 Å². The number of benzene rings is 2. The first-order valence-electron chi connectivity index (χ1n) is 9.82. The van der Waals surface area contributed by atoms with Gasteiger partial charge in [-0.2, -0.15) is 0 Å². The fraction of sp³-hybridized carbons (Fsp3) is 0.500. The zero-order valence-corrected chi connectivity index (χ0v) is 16.8. The van der Waals surface area contributed by atoms with Crippen molar-refractivity contribution in [3.63, 3.8) is 0 Å². The average Bonchev–Trinajstić information content (AvgIpc) is 2.55. The molecule has 0 saturated carbocycles. The summed E-state index contributed by atoms with van der Waals surface area (Å²) in [6.07, 6.45) is 2.48. The molecule has 1 N–H and O–H groups in total. The first kappa shape index (κ1) is 19.6. The molecule has 0 aliphatic carbocycles. The summed E-state index contributed by atoms with van der Waals surface area (Å²) in [5.41, 5.74) is 5.17. The summed E-state index contributed by atoms with van der Waals surface area (Å²) in [4.78, 5) is 0. The highest BCUT2D eigenvalue weighted by atomic mass is 14.9. The van der Waals surface area contributed by atoms with Gasteiger partial charge < -0.3 is 5.32 Å². The third-order valence-electron chi connectivity index (χ3n) is 4.90. The first-order valence-corrected chi connectivity index (χ1v) is 9.82. The Bertz CT molecular complexity index is 565. The quantitative estimate of drug-likeness (QED) is 0.519. The van der Waals surface area contributed by atoms with E-state index < -0.39 is 0 Å². The molecule has 0 amide bonds. The molecule has 25 heavy (non-hydrogen) atoms. The van der Waals surface area contributed by atoms with Gasteiger partial charge in [-0.15, -0.1) is 0 Å². The Kier molecular flexibility index (Phi) is 7.11. The molecule has 2 aromatic carbocycles. The van der Waals surface area contributed by atoms with Crippen LogP contribution in [0, 0.1) is 11.8 Å². The molecule has 0 aromatic heterocycles. The summed E-state index contributed by atoms with van der Waals surface area (Å²) in [6.45, 7) is 13.8. The van der Waals surface area contributed by atoms with Crippen molar-refractivity contribution in [1.82, 2.24) is 0 Å². The number of rotatable bonds is 8. The normalized spacial score (nSPS) is 13.9. The highest BCUT2D eigenvalue weighted by Crippen LogP contribution is 2.27. The lowest BCUT2D eigenvalue weighted by atomic mass is 9.92. The maximum absolute atomic E-state index is 3.52. The Morgan fingerprint density at radius 1 is 0.560 bits per heavy atom. The second kappa shape index (κ2) is 9.08. The average molecular weight is 338 g/mol. The lowest BCUT2D eigenvalue weighted by Crippen LogP contribution is -2.00. The fourth-order valence-corrected chi connectivity index (χ4v) is 3.64. The summed E-state index contributed by atoms with van der Waals surface area (Å²) in [5.74, 6) is 2.72. The van der Waals surface area contributed by atoms with Crippen molar-refractivity contribution in [3.05, 3.63) is 59.7 Å². The third kappa shape index (κ3) is 6.23. The topological polar surface area (TPSA) is 12.0 Å². The van der Waals surface area contributed by atoms with Gasteiger partial charge in [-0.1, -0.05) is 65.8 Å². The molecule has 2 unspecified atom stereocenters. The molecule has 2 rings (SSSR count). The monoisotopic (exact) mass is 337 g/mol. The van der Waals surface area contributed by atoms with Crippen LogP contribution in [-0.2, 0) is 0 Å². The van der Waals surface area contributed by atoms with Crippen LogP contribution in [0.3, 0.4) is 0 Å². The lowest BCUT2D eigenvalue weighted by molar-refractivity contribution is 0.523. The van der Waals surface area contributed by atoms with Crippen LogP contribution in [0.25, 0.3) is 0 Å². The highest BCUT2D eigenvalue weighted by molar-refractivity contribution is 5.60. The Morgan fingerprint density at radius 3 is 1.16 bits per heavy atom. The molecule has 1 nitrogen and oxygen atoms in total. The predicted octanol–water partition coefficient (Wildman–Crippen LogP) is 7.73. The van der Waals surface area contributed by atoms with E-state index in [2.05, 4.69) is 95.4 Å². The lowest BCUT2D eigenvalue weighted by Gasteiger charge is -2.16. The fourth-order valence-electron chi connectivity index (χ4n) is 3.64. The zero-order valence-electron chi connectivity index (χ0n) is 16.8. The first-order chi connectivity index (χ1) is 11.8. The number of hydrogen-bond acceptors (Lipinski definition) is 1. The molecule has 0 fully saturated rings. The summed E-state index contributed by atoms with van der Waals surface area (Å²) in [7, 11) is 0. The van der Waals surface area contributed by atoms with Gasteiger partial charge in [0.1, 0.15) is 0 Å². The van der Waals surface area contributed by atoms with Gasteiger partial charge in [0.15, 0.2) is 0 Å². The molecule has 0 aliphatic rings. The predicted molar refractivity (Wildman–Crippen MR) is 112 cm³/mol. The van der Waals surface area contributed by atoms with Gasteiger partial charge in [-0.25, -0.2) is 0 Å². The molecular weight excluding hydrogens is 302 g/mol. The van der Waals surface area contributed by atoms with Crippen molar-refractivity contribution < 1.29 is 0 Å². The van der Waals surface area contributed by atoms with E-state index in [0.29, 0.717) is 11.8 Å². The second-order valence-electron chi connectivity index (χ2n) is 8.43. The minimum Gasteiger partial charge on any atom is -0.356 e. The molecule has 0 spiro atoms. The van der Waals surface area contributed by atoms with Crippen molar-refractivity contribution >= 4 is 11.4 Å². The van der Waals surface area contributed by atoms with Crippen molar-refractivity contribution in [2.45, 2.75) is 66.2 Å². The zero-order chi connectivity index (χ0) is 18.4.